The van der Waals surface area contributed by atoms with Crippen molar-refractivity contribution >= 4 is 0 Å². The molecule has 0 amide bonds. The average Bonchev–Trinajstić information content (AvgIpc) is 2.56. The van der Waals surface area contributed by atoms with Crippen LogP contribution >= 0.6 is 0 Å². The van der Waals surface area contributed by atoms with Gasteiger partial charge in [-0.3, -0.25) is 0 Å². The van der Waals surface area contributed by atoms with Gasteiger partial charge in [0, 0.05) is 5.56 Å². The summed E-state index contributed by atoms with van der Waals surface area (Å²) >= 11 is 0. The Bertz CT molecular complexity index is 609. The van der Waals surface area contributed by atoms with E-state index in [4.69, 9.17) is 4.74 Å². The minimum atomic E-state index is 0.827. The van der Waals surface area contributed by atoms with E-state index < -0.39 is 0 Å². The standard InChI is InChI=1S/C21H26O/c1-16-13-19(15-17-9-5-3-6-10-17)21(22-2)20(14-16)18-11-7-4-8-12-18/h4,7-8,11-14,17H,3,5-6,9-10,15H2,1-2H3. The Balaban J connectivity index is 1.97. The molecule has 0 atom stereocenters. The van der Waals surface area contributed by atoms with Crippen molar-refractivity contribution in [1.82, 2.24) is 0 Å². The van der Waals surface area contributed by atoms with Gasteiger partial charge in [-0.15, -0.1) is 0 Å². The quantitative estimate of drug-likeness (QED) is 0.693. The van der Waals surface area contributed by atoms with Gasteiger partial charge in [0.15, 0.2) is 0 Å². The molecule has 2 aromatic rings. The summed E-state index contributed by atoms with van der Waals surface area (Å²) in [7, 11) is 1.81. The lowest BCUT2D eigenvalue weighted by molar-refractivity contribution is 0.348. The summed E-state index contributed by atoms with van der Waals surface area (Å²) < 4.78 is 5.83. The molecule has 116 valence electrons. The van der Waals surface area contributed by atoms with Gasteiger partial charge in [0.05, 0.1) is 7.11 Å². The molecule has 0 bridgehead atoms. The zero-order valence-corrected chi connectivity index (χ0v) is 13.8. The fourth-order valence-electron chi connectivity index (χ4n) is 3.78. The van der Waals surface area contributed by atoms with E-state index in [0.717, 1.165) is 18.1 Å². The minimum Gasteiger partial charge on any atom is -0.496 e. The second-order valence-electron chi connectivity index (χ2n) is 6.58. The Morgan fingerprint density at radius 3 is 2.41 bits per heavy atom. The van der Waals surface area contributed by atoms with Crippen LogP contribution in [-0.4, -0.2) is 7.11 Å². The summed E-state index contributed by atoms with van der Waals surface area (Å²) in [5.41, 5.74) is 5.18. The Labute approximate surface area is 134 Å². The van der Waals surface area contributed by atoms with Crippen LogP contribution < -0.4 is 4.74 Å². The molecule has 1 saturated carbocycles. The van der Waals surface area contributed by atoms with Gasteiger partial charge in [0.25, 0.3) is 0 Å². The second kappa shape index (κ2) is 7.00. The Kier molecular flexibility index (Phi) is 4.82. The lowest BCUT2D eigenvalue weighted by Crippen LogP contribution is -2.10. The van der Waals surface area contributed by atoms with E-state index in [9.17, 15) is 0 Å². The van der Waals surface area contributed by atoms with Gasteiger partial charge in [-0.25, -0.2) is 0 Å². The highest BCUT2D eigenvalue weighted by Gasteiger charge is 2.18. The van der Waals surface area contributed by atoms with Crippen molar-refractivity contribution in [2.75, 3.05) is 7.11 Å². The van der Waals surface area contributed by atoms with Crippen LogP contribution in [0.2, 0.25) is 0 Å². The maximum absolute atomic E-state index is 5.83. The van der Waals surface area contributed by atoms with Crippen molar-refractivity contribution in [2.45, 2.75) is 45.4 Å². The predicted molar refractivity (Wildman–Crippen MR) is 93.4 cm³/mol. The lowest BCUT2D eigenvalue weighted by Gasteiger charge is -2.23. The highest BCUT2D eigenvalue weighted by Crippen LogP contribution is 2.37. The third kappa shape index (κ3) is 3.35. The monoisotopic (exact) mass is 294 g/mol. The van der Waals surface area contributed by atoms with Crippen molar-refractivity contribution < 1.29 is 4.74 Å². The molecule has 0 heterocycles. The van der Waals surface area contributed by atoms with Crippen LogP contribution in [0, 0.1) is 12.8 Å². The molecule has 0 aromatic heterocycles. The first-order valence-electron chi connectivity index (χ1n) is 8.51. The fourth-order valence-corrected chi connectivity index (χ4v) is 3.78. The van der Waals surface area contributed by atoms with E-state index in [1.165, 1.54) is 54.4 Å². The number of benzene rings is 2. The van der Waals surface area contributed by atoms with Crippen LogP contribution in [-0.2, 0) is 6.42 Å². The molecule has 0 saturated heterocycles. The van der Waals surface area contributed by atoms with Gasteiger partial charge in [-0.2, -0.15) is 0 Å². The van der Waals surface area contributed by atoms with E-state index >= 15 is 0 Å². The van der Waals surface area contributed by atoms with Gasteiger partial charge in [-0.05, 0) is 42.0 Å². The second-order valence-corrected chi connectivity index (χ2v) is 6.58. The summed E-state index contributed by atoms with van der Waals surface area (Å²) in [5, 5.41) is 0. The van der Waals surface area contributed by atoms with Gasteiger partial charge in [-0.1, -0.05) is 68.5 Å². The van der Waals surface area contributed by atoms with Crippen LogP contribution in [0.1, 0.15) is 43.2 Å². The van der Waals surface area contributed by atoms with Gasteiger partial charge < -0.3 is 4.74 Å². The van der Waals surface area contributed by atoms with Crippen molar-refractivity contribution in [1.29, 1.82) is 0 Å². The number of aryl methyl sites for hydroxylation is 1. The Morgan fingerprint density at radius 1 is 1.00 bits per heavy atom. The average molecular weight is 294 g/mol. The third-order valence-corrected chi connectivity index (χ3v) is 4.83. The number of ether oxygens (including phenoxy) is 1. The molecule has 1 heteroatoms. The van der Waals surface area contributed by atoms with E-state index in [1.807, 2.05) is 7.11 Å². The molecule has 0 N–H and O–H groups in total. The van der Waals surface area contributed by atoms with E-state index in [1.54, 1.807) is 0 Å². The van der Waals surface area contributed by atoms with E-state index in [0.29, 0.717) is 0 Å². The topological polar surface area (TPSA) is 9.23 Å². The Morgan fingerprint density at radius 2 is 1.73 bits per heavy atom. The lowest BCUT2D eigenvalue weighted by atomic mass is 9.83. The first-order chi connectivity index (χ1) is 10.8. The third-order valence-electron chi connectivity index (χ3n) is 4.83. The molecule has 1 fully saturated rings. The van der Waals surface area contributed by atoms with E-state index in [2.05, 4.69) is 49.4 Å². The van der Waals surface area contributed by atoms with Crippen LogP contribution in [0.4, 0.5) is 0 Å². The van der Waals surface area contributed by atoms with E-state index in [-0.39, 0.29) is 0 Å². The predicted octanol–water partition coefficient (Wildman–Crippen LogP) is 5.79. The SMILES string of the molecule is COc1c(CC2CCCCC2)cc(C)cc1-c1ccccc1. The van der Waals surface area contributed by atoms with Crippen LogP contribution in [0.25, 0.3) is 11.1 Å². The highest BCUT2D eigenvalue weighted by molar-refractivity contribution is 5.73. The normalized spacial score (nSPS) is 15.7. The first kappa shape index (κ1) is 15.1. The van der Waals surface area contributed by atoms with Gasteiger partial charge in [0.1, 0.15) is 5.75 Å². The fraction of sp³-hybridized carbons (Fsp3) is 0.429. The van der Waals surface area contributed by atoms with Crippen molar-refractivity contribution in [3.05, 3.63) is 53.6 Å². The van der Waals surface area contributed by atoms with Crippen molar-refractivity contribution in [3.8, 4) is 16.9 Å². The number of hydrogen-bond donors (Lipinski definition) is 0. The zero-order valence-electron chi connectivity index (χ0n) is 13.8. The molecule has 2 aromatic carbocycles. The summed E-state index contributed by atoms with van der Waals surface area (Å²) in [6.07, 6.45) is 8.10. The van der Waals surface area contributed by atoms with Crippen LogP contribution in [0.5, 0.6) is 5.75 Å². The Hall–Kier alpha value is -1.76. The summed E-state index contributed by atoms with van der Waals surface area (Å²) in [4.78, 5) is 0. The molecular formula is C21H26O. The molecule has 0 spiro atoms. The molecule has 1 aliphatic carbocycles. The molecule has 1 nitrogen and oxygen atoms in total. The van der Waals surface area contributed by atoms with Crippen LogP contribution in [0.3, 0.4) is 0 Å². The summed E-state index contributed by atoms with van der Waals surface area (Å²) in [6, 6.07) is 15.2. The molecule has 0 radical (unpaired) electrons. The maximum atomic E-state index is 5.83. The summed E-state index contributed by atoms with van der Waals surface area (Å²) in [6.45, 7) is 2.19. The summed E-state index contributed by atoms with van der Waals surface area (Å²) in [5.74, 6) is 1.90. The molecule has 0 aliphatic heterocycles. The molecule has 0 unspecified atom stereocenters. The molecule has 3 rings (SSSR count). The van der Waals surface area contributed by atoms with Gasteiger partial charge in [0.2, 0.25) is 0 Å². The van der Waals surface area contributed by atoms with Crippen molar-refractivity contribution in [3.63, 3.8) is 0 Å². The number of methoxy groups -OCH3 is 1. The van der Waals surface area contributed by atoms with Crippen LogP contribution in [0.15, 0.2) is 42.5 Å². The molecule has 1 aliphatic rings. The molecule has 22 heavy (non-hydrogen) atoms. The zero-order chi connectivity index (χ0) is 15.4. The minimum absolute atomic E-state index is 0.827. The van der Waals surface area contributed by atoms with Crippen molar-refractivity contribution in [2.24, 2.45) is 5.92 Å². The van der Waals surface area contributed by atoms with Gasteiger partial charge >= 0.3 is 0 Å². The largest absolute Gasteiger partial charge is 0.496 e. The number of rotatable bonds is 4. The first-order valence-corrected chi connectivity index (χ1v) is 8.51. The maximum Gasteiger partial charge on any atom is 0.129 e. The molecular weight excluding hydrogens is 268 g/mol. The highest BCUT2D eigenvalue weighted by atomic mass is 16.5. The smallest absolute Gasteiger partial charge is 0.129 e. The number of hydrogen-bond acceptors (Lipinski definition) is 1.